The molecule has 2 aromatic rings. The van der Waals surface area contributed by atoms with Crippen LogP contribution in [0.4, 0.5) is 0 Å². The molecule has 0 unspecified atom stereocenters. The summed E-state index contributed by atoms with van der Waals surface area (Å²) in [4.78, 5) is 24.7. The lowest BCUT2D eigenvalue weighted by Crippen LogP contribution is -2.27. The highest BCUT2D eigenvalue weighted by Gasteiger charge is 2.37. The summed E-state index contributed by atoms with van der Waals surface area (Å²) in [6, 6.07) is 11.6. The topological polar surface area (TPSA) is 52.6 Å². The van der Waals surface area contributed by atoms with Gasteiger partial charge in [0.1, 0.15) is 3.92 Å². The van der Waals surface area contributed by atoms with Gasteiger partial charge >= 0.3 is 11.9 Å². The van der Waals surface area contributed by atoms with Crippen LogP contribution < -0.4 is 0 Å². The van der Waals surface area contributed by atoms with Gasteiger partial charge in [0.2, 0.25) is 0 Å². The molecule has 1 heterocycles. The van der Waals surface area contributed by atoms with E-state index in [1.807, 2.05) is 72.8 Å². The Bertz CT molecular complexity index is 828. The fourth-order valence-electron chi connectivity index (χ4n) is 3.04. The van der Waals surface area contributed by atoms with Gasteiger partial charge in [0.25, 0.3) is 0 Å². The second-order valence-electron chi connectivity index (χ2n) is 5.84. The summed E-state index contributed by atoms with van der Waals surface area (Å²) in [5, 5.41) is 0. The largest absolute Gasteiger partial charge is 0.468 e. The van der Waals surface area contributed by atoms with E-state index >= 15 is 0 Å². The number of cyclic esters (lactones) is 1. The molecule has 24 heavy (non-hydrogen) atoms. The van der Waals surface area contributed by atoms with Gasteiger partial charge in [0.05, 0.1) is 12.7 Å². The van der Waals surface area contributed by atoms with Gasteiger partial charge in [-0.25, -0.2) is 4.79 Å². The molecule has 4 nitrogen and oxygen atoms in total. The number of hydrogen-bond acceptors (Lipinski definition) is 4. The lowest BCUT2D eigenvalue weighted by molar-refractivity contribution is -0.141. The Morgan fingerprint density at radius 1 is 1.21 bits per heavy atom. The van der Waals surface area contributed by atoms with Crippen LogP contribution in [0.15, 0.2) is 36.4 Å². The monoisotopic (exact) mass is 436 g/mol. The summed E-state index contributed by atoms with van der Waals surface area (Å²) in [5.41, 5.74) is 5.17. The molecule has 2 aromatic carbocycles. The molecule has 3 rings (SSSR count). The van der Waals surface area contributed by atoms with E-state index in [-0.39, 0.29) is 0 Å². The Labute approximate surface area is 154 Å². The molecule has 1 aliphatic heterocycles. The highest BCUT2D eigenvalue weighted by molar-refractivity contribution is 14.1. The van der Waals surface area contributed by atoms with Crippen LogP contribution >= 0.6 is 22.6 Å². The minimum absolute atomic E-state index is 0.414. The van der Waals surface area contributed by atoms with Gasteiger partial charge in [-0.2, -0.15) is 0 Å². The van der Waals surface area contributed by atoms with E-state index in [2.05, 4.69) is 0 Å². The Balaban J connectivity index is 2.26. The fraction of sp³-hybridized carbons (Fsp3) is 0.263. The Morgan fingerprint density at radius 2 is 1.96 bits per heavy atom. The first-order chi connectivity index (χ1) is 11.4. The number of carbonyl (C=O) groups is 2. The first-order valence-electron chi connectivity index (χ1n) is 7.57. The molecule has 0 N–H and O–H groups in total. The van der Waals surface area contributed by atoms with Gasteiger partial charge in [-0.3, -0.25) is 4.79 Å². The molecule has 0 radical (unpaired) electrons. The minimum atomic E-state index is -0.687. The van der Waals surface area contributed by atoms with Crippen LogP contribution in [-0.4, -0.2) is 23.0 Å². The van der Waals surface area contributed by atoms with Crippen LogP contribution in [0.2, 0.25) is 0 Å². The second-order valence-corrected chi connectivity index (χ2v) is 7.18. The summed E-state index contributed by atoms with van der Waals surface area (Å²) < 4.78 is 9.94. The molecule has 0 saturated carbocycles. The van der Waals surface area contributed by atoms with Gasteiger partial charge in [0.15, 0.2) is 6.10 Å². The molecule has 1 aliphatic rings. The van der Waals surface area contributed by atoms with E-state index in [0.29, 0.717) is 5.56 Å². The van der Waals surface area contributed by atoms with E-state index in [9.17, 15) is 9.59 Å². The summed E-state index contributed by atoms with van der Waals surface area (Å²) in [6.45, 7) is 3.93. The average Bonchev–Trinajstić information content (AvgIpc) is 2.69. The third-order valence-electron chi connectivity index (χ3n) is 4.20. The van der Waals surface area contributed by atoms with Gasteiger partial charge in [-0.1, -0.05) is 58.5 Å². The van der Waals surface area contributed by atoms with Crippen molar-refractivity contribution >= 4 is 34.5 Å². The quantitative estimate of drug-likeness (QED) is 0.403. The predicted molar refractivity (Wildman–Crippen MR) is 99.3 cm³/mol. The number of esters is 2. The number of methoxy groups -OCH3 is 1. The van der Waals surface area contributed by atoms with Crippen molar-refractivity contribution in [1.29, 1.82) is 0 Å². The summed E-state index contributed by atoms with van der Waals surface area (Å²) in [7, 11) is 1.34. The fourth-order valence-corrected chi connectivity index (χ4v) is 3.82. The van der Waals surface area contributed by atoms with Crippen molar-refractivity contribution in [2.75, 3.05) is 7.11 Å². The summed E-state index contributed by atoms with van der Waals surface area (Å²) in [6.07, 6.45) is -0.687. The maximum atomic E-state index is 12.7. The van der Waals surface area contributed by atoms with E-state index in [0.717, 1.165) is 27.8 Å². The second kappa shape index (κ2) is 6.55. The standard InChI is InChI=1S/C19H17IO4/c1-10-7-8-12-14(9-10)18(21)24-17(16(20)19(22)23-3)13-6-4-5-11(2)15(12)13/h4-9,16-17H,1-3H3/t16-,17-/m1/s1. The molecule has 124 valence electrons. The highest BCUT2D eigenvalue weighted by atomic mass is 127. The van der Waals surface area contributed by atoms with Crippen molar-refractivity contribution in [2.24, 2.45) is 0 Å². The van der Waals surface area contributed by atoms with E-state index in [1.54, 1.807) is 0 Å². The summed E-state index contributed by atoms with van der Waals surface area (Å²) >= 11 is 1.98. The zero-order valence-electron chi connectivity index (χ0n) is 13.6. The number of alkyl halides is 1. The van der Waals surface area contributed by atoms with Gasteiger partial charge < -0.3 is 9.47 Å². The molecule has 0 amide bonds. The van der Waals surface area contributed by atoms with Crippen LogP contribution in [0.25, 0.3) is 11.1 Å². The number of aryl methyl sites for hydroxylation is 2. The number of ether oxygens (including phenoxy) is 2. The first-order valence-corrected chi connectivity index (χ1v) is 8.82. The van der Waals surface area contributed by atoms with Crippen LogP contribution in [0.3, 0.4) is 0 Å². The van der Waals surface area contributed by atoms with E-state index in [4.69, 9.17) is 9.47 Å². The number of carbonyl (C=O) groups excluding carboxylic acids is 2. The normalized spacial score (nSPS) is 17.2. The van der Waals surface area contributed by atoms with Gasteiger partial charge in [-0.15, -0.1) is 0 Å². The van der Waals surface area contributed by atoms with Crippen LogP contribution in [-0.2, 0) is 14.3 Å². The maximum absolute atomic E-state index is 12.7. The van der Waals surface area contributed by atoms with Crippen molar-refractivity contribution in [2.45, 2.75) is 23.9 Å². The Kier molecular flexibility index (Phi) is 4.62. The van der Waals surface area contributed by atoms with Crippen LogP contribution in [0, 0.1) is 13.8 Å². The van der Waals surface area contributed by atoms with Crippen LogP contribution in [0.1, 0.15) is 33.2 Å². The Hall–Kier alpha value is -1.89. The number of fused-ring (bicyclic) bond motifs is 3. The number of halogens is 1. The first kappa shape index (κ1) is 17.0. The third-order valence-corrected chi connectivity index (χ3v) is 5.36. The lowest BCUT2D eigenvalue weighted by atomic mass is 9.89. The SMILES string of the molecule is COC(=O)[C@H](I)[C@@H]1OC(=O)c2cc(C)ccc2-c2c(C)cccc21. The maximum Gasteiger partial charge on any atom is 0.339 e. The molecule has 0 aliphatic carbocycles. The predicted octanol–water partition coefficient (Wildman–Crippen LogP) is 4.16. The minimum Gasteiger partial charge on any atom is -0.468 e. The molecule has 0 aromatic heterocycles. The zero-order valence-corrected chi connectivity index (χ0v) is 15.8. The molecule has 0 bridgehead atoms. The number of benzene rings is 2. The van der Waals surface area contributed by atoms with Gasteiger partial charge in [-0.05, 0) is 36.6 Å². The third kappa shape index (κ3) is 2.81. The highest BCUT2D eigenvalue weighted by Crippen LogP contribution is 2.42. The molecular formula is C19H17IO4. The van der Waals surface area contributed by atoms with E-state index in [1.165, 1.54) is 7.11 Å². The zero-order chi connectivity index (χ0) is 17.4. The van der Waals surface area contributed by atoms with Crippen molar-refractivity contribution in [3.05, 3.63) is 58.7 Å². The smallest absolute Gasteiger partial charge is 0.339 e. The van der Waals surface area contributed by atoms with Crippen molar-refractivity contribution in [3.8, 4) is 11.1 Å². The van der Waals surface area contributed by atoms with E-state index < -0.39 is 22.0 Å². The van der Waals surface area contributed by atoms with Crippen molar-refractivity contribution < 1.29 is 19.1 Å². The van der Waals surface area contributed by atoms with Crippen molar-refractivity contribution in [1.82, 2.24) is 0 Å². The van der Waals surface area contributed by atoms with Gasteiger partial charge in [0, 0.05) is 5.56 Å². The molecule has 5 heteroatoms. The molecule has 2 atom stereocenters. The summed E-state index contributed by atoms with van der Waals surface area (Å²) in [5.74, 6) is -0.831. The average molecular weight is 436 g/mol. The molecular weight excluding hydrogens is 419 g/mol. The molecule has 0 fully saturated rings. The number of rotatable bonds is 2. The Morgan fingerprint density at radius 3 is 2.67 bits per heavy atom. The molecule has 0 spiro atoms. The molecule has 0 saturated heterocycles. The lowest BCUT2D eigenvalue weighted by Gasteiger charge is -2.22. The van der Waals surface area contributed by atoms with Crippen LogP contribution in [0.5, 0.6) is 0 Å². The number of hydrogen-bond donors (Lipinski definition) is 0. The van der Waals surface area contributed by atoms with Crippen molar-refractivity contribution in [3.63, 3.8) is 0 Å².